The highest BCUT2D eigenvalue weighted by atomic mass is 16.4. The van der Waals surface area contributed by atoms with Gasteiger partial charge in [-0.3, -0.25) is 0 Å². The molecule has 1 N–H and O–H groups in total. The molecule has 0 amide bonds. The van der Waals surface area contributed by atoms with Crippen molar-refractivity contribution in [3.63, 3.8) is 0 Å². The maximum Gasteiger partial charge on any atom is 0.327 e. The number of hydrogen-bond donors (Lipinski definition) is 1. The maximum atomic E-state index is 10.4. The van der Waals surface area contributed by atoms with Gasteiger partial charge in [0, 0.05) is 6.08 Å². The van der Waals surface area contributed by atoms with Gasteiger partial charge in [-0.15, -0.1) is 0 Å². The summed E-state index contributed by atoms with van der Waals surface area (Å²) in [5.41, 5.74) is 1.50. The lowest BCUT2D eigenvalue weighted by molar-refractivity contribution is -0.131. The Kier molecular flexibility index (Phi) is 3.14. The van der Waals surface area contributed by atoms with E-state index in [2.05, 4.69) is 26.8 Å². The van der Waals surface area contributed by atoms with Crippen molar-refractivity contribution in [1.29, 1.82) is 0 Å². The second-order valence-electron chi connectivity index (χ2n) is 4.65. The van der Waals surface area contributed by atoms with Crippen LogP contribution in [-0.2, 0) is 4.79 Å². The van der Waals surface area contributed by atoms with Gasteiger partial charge in [-0.25, -0.2) is 4.79 Å². The largest absolute Gasteiger partial charge is 0.478 e. The van der Waals surface area contributed by atoms with Crippen molar-refractivity contribution in [3.05, 3.63) is 23.8 Å². The summed E-state index contributed by atoms with van der Waals surface area (Å²) in [4.78, 5) is 10.4. The molecule has 1 rings (SSSR count). The van der Waals surface area contributed by atoms with E-state index in [1.165, 1.54) is 11.6 Å². The predicted molar refractivity (Wildman–Crippen MR) is 57.0 cm³/mol. The highest BCUT2D eigenvalue weighted by molar-refractivity contribution is 5.79. The minimum Gasteiger partial charge on any atom is -0.478 e. The van der Waals surface area contributed by atoms with Crippen molar-refractivity contribution in [2.45, 2.75) is 33.6 Å². The first-order valence-electron chi connectivity index (χ1n) is 5.01. The number of rotatable bonds is 2. The molecule has 0 fully saturated rings. The summed E-state index contributed by atoms with van der Waals surface area (Å²) in [6, 6.07) is 0. The second kappa shape index (κ2) is 3.99. The zero-order valence-electron chi connectivity index (χ0n) is 9.08. The number of carboxylic acid groups (broad SMARTS) is 1. The molecule has 0 heterocycles. The Morgan fingerprint density at radius 3 is 2.79 bits per heavy atom. The first kappa shape index (κ1) is 11.0. The van der Waals surface area contributed by atoms with Gasteiger partial charge < -0.3 is 5.11 Å². The summed E-state index contributed by atoms with van der Waals surface area (Å²) in [5, 5.41) is 8.56. The molecule has 1 atom stereocenters. The van der Waals surface area contributed by atoms with Crippen LogP contribution in [0.1, 0.15) is 33.6 Å². The smallest absolute Gasteiger partial charge is 0.327 e. The second-order valence-corrected chi connectivity index (χ2v) is 4.65. The van der Waals surface area contributed by atoms with Crippen molar-refractivity contribution in [1.82, 2.24) is 0 Å². The third-order valence-electron chi connectivity index (χ3n) is 2.89. The van der Waals surface area contributed by atoms with Crippen molar-refractivity contribution < 1.29 is 9.90 Å². The van der Waals surface area contributed by atoms with Gasteiger partial charge in [0.05, 0.1) is 0 Å². The zero-order valence-corrected chi connectivity index (χ0v) is 9.08. The van der Waals surface area contributed by atoms with Gasteiger partial charge in [-0.2, -0.15) is 0 Å². The molecule has 0 saturated carbocycles. The van der Waals surface area contributed by atoms with Crippen LogP contribution in [0, 0.1) is 11.3 Å². The van der Waals surface area contributed by atoms with Crippen LogP contribution in [0.5, 0.6) is 0 Å². The normalized spacial score (nSPS) is 26.2. The molecule has 0 aromatic heterocycles. The number of hydrogen-bond acceptors (Lipinski definition) is 1. The first-order valence-corrected chi connectivity index (χ1v) is 5.01. The minimum atomic E-state index is -0.855. The quantitative estimate of drug-likeness (QED) is 0.542. The third kappa shape index (κ3) is 2.72. The van der Waals surface area contributed by atoms with Crippen LogP contribution in [0.15, 0.2) is 23.8 Å². The van der Waals surface area contributed by atoms with Gasteiger partial charge in [-0.05, 0) is 31.1 Å². The summed E-state index contributed by atoms with van der Waals surface area (Å²) in [7, 11) is 0. The maximum absolute atomic E-state index is 10.4. The van der Waals surface area contributed by atoms with Gasteiger partial charge >= 0.3 is 5.97 Å². The van der Waals surface area contributed by atoms with E-state index in [0.29, 0.717) is 5.92 Å². The Morgan fingerprint density at radius 1 is 1.64 bits per heavy atom. The molecule has 0 saturated heterocycles. The van der Waals surface area contributed by atoms with E-state index in [1.807, 2.05) is 6.08 Å². The van der Waals surface area contributed by atoms with Crippen molar-refractivity contribution in [2.75, 3.05) is 0 Å². The molecule has 0 aliphatic heterocycles. The number of allylic oxidation sites excluding steroid dienone is 3. The lowest BCUT2D eigenvalue weighted by Crippen LogP contribution is -2.24. The Balaban J connectivity index is 2.77. The molecular formula is C12H18O2. The molecule has 0 radical (unpaired) electrons. The molecule has 0 bridgehead atoms. The summed E-state index contributed by atoms with van der Waals surface area (Å²) >= 11 is 0. The molecule has 78 valence electrons. The van der Waals surface area contributed by atoms with E-state index in [-0.39, 0.29) is 5.41 Å². The summed E-state index contributed by atoms with van der Waals surface area (Å²) in [5.74, 6) is -0.505. The molecule has 2 heteroatoms. The van der Waals surface area contributed by atoms with Crippen LogP contribution in [0.25, 0.3) is 0 Å². The lowest BCUT2D eigenvalue weighted by atomic mass is 9.71. The Morgan fingerprint density at radius 2 is 2.29 bits per heavy atom. The molecule has 2 nitrogen and oxygen atoms in total. The highest BCUT2D eigenvalue weighted by Gasteiger charge is 2.28. The lowest BCUT2D eigenvalue weighted by Gasteiger charge is -2.34. The minimum absolute atomic E-state index is 0.0916. The Hall–Kier alpha value is -1.05. The van der Waals surface area contributed by atoms with Gasteiger partial charge in [0.1, 0.15) is 0 Å². The summed E-state index contributed by atoms with van der Waals surface area (Å²) in [6.45, 7) is 6.46. The van der Waals surface area contributed by atoms with Crippen LogP contribution < -0.4 is 0 Å². The van der Waals surface area contributed by atoms with Gasteiger partial charge in [0.15, 0.2) is 0 Å². The highest BCUT2D eigenvalue weighted by Crippen LogP contribution is 2.39. The molecule has 0 aromatic carbocycles. The third-order valence-corrected chi connectivity index (χ3v) is 2.89. The van der Waals surface area contributed by atoms with E-state index in [9.17, 15) is 4.79 Å². The zero-order chi connectivity index (χ0) is 10.8. The number of carboxylic acids is 1. The number of carbonyl (C=O) groups is 1. The monoisotopic (exact) mass is 194 g/mol. The van der Waals surface area contributed by atoms with Crippen molar-refractivity contribution >= 4 is 5.97 Å². The fourth-order valence-electron chi connectivity index (χ4n) is 2.11. The van der Waals surface area contributed by atoms with Gasteiger partial charge in [0.2, 0.25) is 0 Å². The van der Waals surface area contributed by atoms with Crippen LogP contribution in [0.3, 0.4) is 0 Å². The van der Waals surface area contributed by atoms with E-state index in [4.69, 9.17) is 5.11 Å². The fourth-order valence-corrected chi connectivity index (χ4v) is 2.11. The van der Waals surface area contributed by atoms with Crippen LogP contribution in [0.4, 0.5) is 0 Å². The topological polar surface area (TPSA) is 37.3 Å². The van der Waals surface area contributed by atoms with Gasteiger partial charge in [-0.1, -0.05) is 31.6 Å². The summed E-state index contributed by atoms with van der Waals surface area (Å²) in [6.07, 6.45) is 7.48. The SMILES string of the molecule is CC1=CC(C)(C)C(/C=C\C(=O)O)CC1. The molecule has 0 spiro atoms. The Labute approximate surface area is 85.3 Å². The first-order chi connectivity index (χ1) is 6.42. The average Bonchev–Trinajstić information content (AvgIpc) is 2.00. The van der Waals surface area contributed by atoms with E-state index in [1.54, 1.807) is 0 Å². The Bertz CT molecular complexity index is 285. The summed E-state index contributed by atoms with van der Waals surface area (Å²) < 4.78 is 0. The molecule has 14 heavy (non-hydrogen) atoms. The van der Waals surface area contributed by atoms with Gasteiger partial charge in [0.25, 0.3) is 0 Å². The van der Waals surface area contributed by atoms with E-state index >= 15 is 0 Å². The number of aliphatic carboxylic acids is 1. The van der Waals surface area contributed by atoms with Crippen molar-refractivity contribution in [2.24, 2.45) is 11.3 Å². The van der Waals surface area contributed by atoms with E-state index < -0.39 is 5.97 Å². The predicted octanol–water partition coefficient (Wildman–Crippen LogP) is 3.01. The molecule has 1 aliphatic carbocycles. The van der Waals surface area contributed by atoms with Crippen LogP contribution >= 0.6 is 0 Å². The van der Waals surface area contributed by atoms with Crippen LogP contribution in [0.2, 0.25) is 0 Å². The molecule has 0 aromatic rings. The van der Waals surface area contributed by atoms with Crippen molar-refractivity contribution in [3.8, 4) is 0 Å². The average molecular weight is 194 g/mol. The molecular weight excluding hydrogens is 176 g/mol. The fraction of sp³-hybridized carbons (Fsp3) is 0.583. The molecule has 1 unspecified atom stereocenters. The van der Waals surface area contributed by atoms with Crippen LogP contribution in [-0.4, -0.2) is 11.1 Å². The standard InChI is InChI=1S/C12H18O2/c1-9-4-5-10(6-7-11(13)14)12(2,3)8-9/h6-8,10H,4-5H2,1-3H3,(H,13,14)/b7-6-. The molecule has 1 aliphatic rings. The van der Waals surface area contributed by atoms with E-state index in [0.717, 1.165) is 12.8 Å².